The number of halogens is 1. The summed E-state index contributed by atoms with van der Waals surface area (Å²) < 4.78 is 17.3. The second-order valence-electron chi connectivity index (χ2n) is 2.57. The van der Waals surface area contributed by atoms with Crippen LogP contribution in [0.4, 0.5) is 4.39 Å². The molecule has 3 heteroatoms. The van der Waals surface area contributed by atoms with E-state index in [1.807, 2.05) is 30.3 Å². The van der Waals surface area contributed by atoms with Crippen molar-refractivity contribution in [3.63, 3.8) is 0 Å². The maximum Gasteiger partial charge on any atom is 0.119 e. The Morgan fingerprint density at radius 1 is 1.38 bits per heavy atom. The number of hydrogen-bond donors (Lipinski definition) is 1. The quantitative estimate of drug-likeness (QED) is 0.769. The van der Waals surface area contributed by atoms with Gasteiger partial charge in [-0.25, -0.2) is 4.39 Å². The Hall–Kier alpha value is -1.35. The second-order valence-corrected chi connectivity index (χ2v) is 2.57. The van der Waals surface area contributed by atoms with Gasteiger partial charge >= 0.3 is 0 Å². The maximum atomic E-state index is 12.0. The van der Waals surface area contributed by atoms with Gasteiger partial charge in [0.2, 0.25) is 0 Å². The third-order valence-electron chi connectivity index (χ3n) is 1.58. The topological polar surface area (TPSA) is 35.2 Å². The summed E-state index contributed by atoms with van der Waals surface area (Å²) >= 11 is 0. The van der Waals surface area contributed by atoms with Crippen molar-refractivity contribution in [2.24, 2.45) is 5.73 Å². The van der Waals surface area contributed by atoms with Crippen molar-refractivity contribution in [2.75, 3.05) is 13.2 Å². The zero-order chi connectivity index (χ0) is 9.52. The van der Waals surface area contributed by atoms with Crippen LogP contribution in [-0.2, 0) is 0 Å². The molecule has 1 aromatic rings. The molecular weight excluding hydrogens is 169 g/mol. The fraction of sp³-hybridized carbons (Fsp3) is 0.200. The van der Waals surface area contributed by atoms with Gasteiger partial charge in [-0.05, 0) is 12.1 Å². The summed E-state index contributed by atoms with van der Waals surface area (Å²) in [7, 11) is 0. The van der Waals surface area contributed by atoms with Crippen molar-refractivity contribution in [1.29, 1.82) is 0 Å². The highest BCUT2D eigenvalue weighted by molar-refractivity contribution is 5.21. The van der Waals surface area contributed by atoms with Crippen molar-refractivity contribution >= 4 is 0 Å². The molecule has 0 aromatic heterocycles. The number of hydrogen-bond acceptors (Lipinski definition) is 2. The molecule has 0 atom stereocenters. The van der Waals surface area contributed by atoms with Crippen LogP contribution in [0, 0.1) is 0 Å². The van der Waals surface area contributed by atoms with Gasteiger partial charge in [-0.1, -0.05) is 18.2 Å². The van der Waals surface area contributed by atoms with Gasteiger partial charge in [0.05, 0.1) is 6.33 Å². The Bertz CT molecular complexity index is 272. The molecule has 0 radical (unpaired) electrons. The van der Waals surface area contributed by atoms with E-state index < -0.39 is 0 Å². The van der Waals surface area contributed by atoms with E-state index in [-0.39, 0.29) is 13.2 Å². The van der Waals surface area contributed by atoms with E-state index >= 15 is 0 Å². The van der Waals surface area contributed by atoms with Crippen molar-refractivity contribution in [3.8, 4) is 5.75 Å². The fourth-order valence-electron chi connectivity index (χ4n) is 0.828. The van der Waals surface area contributed by atoms with E-state index in [1.54, 1.807) is 0 Å². The molecule has 13 heavy (non-hydrogen) atoms. The summed E-state index contributed by atoms with van der Waals surface area (Å²) in [4.78, 5) is 0. The first-order chi connectivity index (χ1) is 6.36. The van der Waals surface area contributed by atoms with Gasteiger partial charge in [0.1, 0.15) is 12.4 Å². The molecule has 0 bridgehead atoms. The molecule has 0 aliphatic rings. The third kappa shape index (κ3) is 3.25. The van der Waals surface area contributed by atoms with Crippen molar-refractivity contribution in [3.05, 3.63) is 42.2 Å². The lowest BCUT2D eigenvalue weighted by Gasteiger charge is -2.05. The molecule has 0 fully saturated rings. The van der Waals surface area contributed by atoms with Crippen LogP contribution in [0.3, 0.4) is 0 Å². The van der Waals surface area contributed by atoms with Crippen LogP contribution in [0.25, 0.3) is 0 Å². The van der Waals surface area contributed by atoms with Gasteiger partial charge < -0.3 is 10.5 Å². The fourth-order valence-corrected chi connectivity index (χ4v) is 0.828. The molecule has 0 unspecified atom stereocenters. The van der Waals surface area contributed by atoms with Gasteiger partial charge in [0.25, 0.3) is 0 Å². The van der Waals surface area contributed by atoms with E-state index in [4.69, 9.17) is 10.5 Å². The number of rotatable bonds is 4. The molecule has 1 aromatic carbocycles. The summed E-state index contributed by atoms with van der Waals surface area (Å²) in [6.45, 7) is 0.389. The minimum Gasteiger partial charge on any atom is -0.489 e. The van der Waals surface area contributed by atoms with E-state index in [9.17, 15) is 4.39 Å². The highest BCUT2D eigenvalue weighted by Crippen LogP contribution is 2.09. The Morgan fingerprint density at radius 2 is 2.08 bits per heavy atom. The van der Waals surface area contributed by atoms with Crippen LogP contribution in [0.1, 0.15) is 0 Å². The average molecular weight is 181 g/mol. The first kappa shape index (κ1) is 9.74. The lowest BCUT2D eigenvalue weighted by Crippen LogP contribution is -2.10. The van der Waals surface area contributed by atoms with Crippen molar-refractivity contribution in [1.82, 2.24) is 0 Å². The van der Waals surface area contributed by atoms with Gasteiger partial charge in [-0.2, -0.15) is 0 Å². The van der Waals surface area contributed by atoms with Crippen LogP contribution in [0.15, 0.2) is 42.2 Å². The first-order valence-electron chi connectivity index (χ1n) is 4.03. The lowest BCUT2D eigenvalue weighted by atomic mass is 10.3. The van der Waals surface area contributed by atoms with Crippen LogP contribution in [0.5, 0.6) is 5.75 Å². The molecule has 0 saturated heterocycles. The summed E-state index contributed by atoms with van der Waals surface area (Å²) in [6.07, 6.45) is 0.489. The van der Waals surface area contributed by atoms with E-state index in [2.05, 4.69) is 0 Å². The second kappa shape index (κ2) is 5.32. The first-order valence-corrected chi connectivity index (χ1v) is 4.03. The van der Waals surface area contributed by atoms with Gasteiger partial charge in [-0.3, -0.25) is 0 Å². The molecule has 0 aliphatic heterocycles. The third-order valence-corrected chi connectivity index (χ3v) is 1.58. The van der Waals surface area contributed by atoms with Gasteiger partial charge in [-0.15, -0.1) is 0 Å². The van der Waals surface area contributed by atoms with Crippen molar-refractivity contribution < 1.29 is 9.13 Å². The Labute approximate surface area is 76.8 Å². The Balaban J connectivity index is 2.43. The summed E-state index contributed by atoms with van der Waals surface area (Å²) in [5, 5.41) is 0. The Morgan fingerprint density at radius 3 is 2.62 bits per heavy atom. The molecule has 0 saturated carbocycles. The van der Waals surface area contributed by atoms with Crippen LogP contribution < -0.4 is 10.5 Å². The van der Waals surface area contributed by atoms with Gasteiger partial charge in [0, 0.05) is 12.1 Å². The standard InChI is InChI=1S/C10H12FNO/c11-6-9(7-12)8-13-10-4-2-1-3-5-10/h1-6H,7-8,12H2. The molecule has 2 nitrogen and oxygen atoms in total. The molecule has 0 aliphatic carbocycles. The molecule has 70 valence electrons. The number of nitrogens with two attached hydrogens (primary N) is 1. The lowest BCUT2D eigenvalue weighted by molar-refractivity contribution is 0.347. The number of para-hydroxylation sites is 1. The summed E-state index contributed by atoms with van der Waals surface area (Å²) in [6, 6.07) is 9.23. The zero-order valence-electron chi connectivity index (χ0n) is 7.24. The monoisotopic (exact) mass is 181 g/mol. The van der Waals surface area contributed by atoms with Crippen LogP contribution in [0.2, 0.25) is 0 Å². The van der Waals surface area contributed by atoms with E-state index in [0.717, 1.165) is 5.75 Å². The highest BCUT2D eigenvalue weighted by atomic mass is 19.1. The zero-order valence-corrected chi connectivity index (χ0v) is 7.24. The average Bonchev–Trinajstić information content (AvgIpc) is 2.21. The molecule has 0 amide bonds. The normalized spacial score (nSPS) is 11.4. The molecular formula is C10H12FNO. The smallest absolute Gasteiger partial charge is 0.119 e. The SMILES string of the molecule is NCC(=CF)COc1ccccc1. The number of ether oxygens (including phenoxy) is 1. The number of benzene rings is 1. The van der Waals surface area contributed by atoms with Crippen LogP contribution >= 0.6 is 0 Å². The summed E-state index contributed by atoms with van der Waals surface area (Å²) in [5.41, 5.74) is 5.71. The maximum absolute atomic E-state index is 12.0. The summed E-state index contributed by atoms with van der Waals surface area (Å²) in [5.74, 6) is 0.718. The van der Waals surface area contributed by atoms with Gasteiger partial charge in [0.15, 0.2) is 0 Å². The minimum absolute atomic E-state index is 0.184. The highest BCUT2D eigenvalue weighted by Gasteiger charge is 1.96. The predicted octanol–water partition coefficient (Wildman–Crippen LogP) is 1.88. The largest absolute Gasteiger partial charge is 0.489 e. The van der Waals surface area contributed by atoms with Crippen molar-refractivity contribution in [2.45, 2.75) is 0 Å². The van der Waals surface area contributed by atoms with E-state index in [0.29, 0.717) is 11.9 Å². The predicted molar refractivity (Wildman–Crippen MR) is 50.2 cm³/mol. The molecule has 2 N–H and O–H groups in total. The Kier molecular flexibility index (Phi) is 3.99. The van der Waals surface area contributed by atoms with E-state index in [1.165, 1.54) is 0 Å². The minimum atomic E-state index is 0.184. The molecule has 1 rings (SSSR count). The van der Waals surface area contributed by atoms with Crippen LogP contribution in [-0.4, -0.2) is 13.2 Å². The molecule has 0 spiro atoms. The molecule has 0 heterocycles.